The summed E-state index contributed by atoms with van der Waals surface area (Å²) in [4.78, 5) is 11.2. The van der Waals surface area contributed by atoms with Crippen LogP contribution in [0.4, 0.5) is 0 Å². The predicted octanol–water partition coefficient (Wildman–Crippen LogP) is 0.925. The zero-order chi connectivity index (χ0) is 14.3. The molecule has 0 heterocycles. The normalized spacial score (nSPS) is 12.9. The van der Waals surface area contributed by atoms with E-state index >= 15 is 0 Å². The molecule has 0 fully saturated rings. The number of benzene rings is 1. The monoisotopic (exact) mass is 285 g/mol. The summed E-state index contributed by atoms with van der Waals surface area (Å²) in [6.07, 6.45) is 0. The Hall–Kier alpha value is -1.40. The van der Waals surface area contributed by atoms with Crippen LogP contribution in [0.25, 0.3) is 0 Å². The van der Waals surface area contributed by atoms with Crippen molar-refractivity contribution in [3.63, 3.8) is 0 Å². The number of rotatable bonds is 7. The molecule has 0 aromatic heterocycles. The van der Waals surface area contributed by atoms with Gasteiger partial charge in [0.2, 0.25) is 0 Å². The van der Waals surface area contributed by atoms with Crippen molar-refractivity contribution in [2.45, 2.75) is 13.0 Å². The molecule has 1 unspecified atom stereocenters. The van der Waals surface area contributed by atoms with E-state index in [4.69, 9.17) is 0 Å². The first-order valence-corrected chi connectivity index (χ1v) is 7.89. The highest BCUT2D eigenvalue weighted by molar-refractivity contribution is 7.92. The van der Waals surface area contributed by atoms with Crippen molar-refractivity contribution in [2.24, 2.45) is 0 Å². The summed E-state index contributed by atoms with van der Waals surface area (Å²) in [5.74, 6) is -1.41. The molecule has 1 atom stereocenters. The Morgan fingerprint density at radius 3 is 2.47 bits per heavy atom. The van der Waals surface area contributed by atoms with Gasteiger partial charge in [-0.3, -0.25) is 4.79 Å². The lowest BCUT2D eigenvalue weighted by atomic mass is 10.1. The maximum Gasteiger partial charge on any atom is 0.321 e. The third-order valence-electron chi connectivity index (χ3n) is 2.61. The van der Waals surface area contributed by atoms with Crippen molar-refractivity contribution in [3.8, 4) is 0 Å². The van der Waals surface area contributed by atoms with E-state index in [9.17, 15) is 13.2 Å². The van der Waals surface area contributed by atoms with Crippen LogP contribution in [0.15, 0.2) is 30.3 Å². The van der Waals surface area contributed by atoms with Crippen molar-refractivity contribution < 1.29 is 17.9 Å². The van der Waals surface area contributed by atoms with E-state index in [1.54, 1.807) is 14.0 Å². The van der Waals surface area contributed by atoms with Gasteiger partial charge in [0.05, 0.1) is 12.4 Å². The van der Waals surface area contributed by atoms with Gasteiger partial charge in [-0.15, -0.1) is 0 Å². The maximum atomic E-state index is 11.9. The Morgan fingerprint density at radius 1 is 1.32 bits per heavy atom. The van der Waals surface area contributed by atoms with Crippen LogP contribution in [0.5, 0.6) is 0 Å². The van der Waals surface area contributed by atoms with E-state index in [-0.39, 0.29) is 18.4 Å². The quantitative estimate of drug-likeness (QED) is 0.754. The SMILES string of the molecule is CCOC(=O)CS(=O)(=O)CC(NC)c1ccccc1. The van der Waals surface area contributed by atoms with Gasteiger partial charge in [-0.05, 0) is 19.5 Å². The highest BCUT2D eigenvalue weighted by Gasteiger charge is 2.23. The zero-order valence-electron chi connectivity index (χ0n) is 11.1. The van der Waals surface area contributed by atoms with Gasteiger partial charge >= 0.3 is 5.97 Å². The van der Waals surface area contributed by atoms with Crippen LogP contribution in [0, 0.1) is 0 Å². The number of ether oxygens (including phenoxy) is 1. The predicted molar refractivity (Wildman–Crippen MR) is 73.5 cm³/mol. The molecule has 0 spiro atoms. The number of esters is 1. The second-order valence-electron chi connectivity index (χ2n) is 4.11. The van der Waals surface area contributed by atoms with Crippen LogP contribution in [-0.4, -0.2) is 39.5 Å². The second kappa shape index (κ2) is 7.25. The van der Waals surface area contributed by atoms with E-state index in [1.165, 1.54) is 0 Å². The number of nitrogens with one attached hydrogen (secondary N) is 1. The van der Waals surface area contributed by atoms with Gasteiger partial charge in [0.25, 0.3) is 0 Å². The highest BCUT2D eigenvalue weighted by atomic mass is 32.2. The number of hydrogen-bond donors (Lipinski definition) is 1. The first-order chi connectivity index (χ1) is 8.98. The van der Waals surface area contributed by atoms with Crippen LogP contribution in [0.3, 0.4) is 0 Å². The molecular weight excluding hydrogens is 266 g/mol. The summed E-state index contributed by atoms with van der Waals surface area (Å²) in [7, 11) is -1.81. The molecule has 0 bridgehead atoms. The lowest BCUT2D eigenvalue weighted by Gasteiger charge is -2.16. The average molecular weight is 285 g/mol. The Labute approximate surface area is 113 Å². The molecule has 19 heavy (non-hydrogen) atoms. The average Bonchev–Trinajstić information content (AvgIpc) is 2.36. The number of hydrogen-bond acceptors (Lipinski definition) is 5. The molecular formula is C13H19NO4S. The first-order valence-electron chi connectivity index (χ1n) is 6.06. The van der Waals surface area contributed by atoms with Gasteiger partial charge in [0, 0.05) is 6.04 Å². The molecule has 0 aliphatic heterocycles. The fraction of sp³-hybridized carbons (Fsp3) is 0.462. The summed E-state index contributed by atoms with van der Waals surface area (Å²) in [5, 5.41) is 2.95. The molecule has 0 saturated carbocycles. The topological polar surface area (TPSA) is 72.5 Å². The van der Waals surface area contributed by atoms with Gasteiger partial charge in [0.1, 0.15) is 5.75 Å². The minimum atomic E-state index is -3.50. The van der Waals surface area contributed by atoms with E-state index in [1.807, 2.05) is 30.3 Å². The van der Waals surface area contributed by atoms with E-state index < -0.39 is 21.6 Å². The second-order valence-corrected chi connectivity index (χ2v) is 6.22. The minimum Gasteiger partial charge on any atom is -0.465 e. The number of carbonyl (C=O) groups is 1. The van der Waals surface area contributed by atoms with Crippen molar-refractivity contribution in [2.75, 3.05) is 25.2 Å². The lowest BCUT2D eigenvalue weighted by Crippen LogP contribution is -2.29. The summed E-state index contributed by atoms with van der Waals surface area (Å²) < 4.78 is 28.5. The largest absolute Gasteiger partial charge is 0.465 e. The zero-order valence-corrected chi connectivity index (χ0v) is 11.9. The molecule has 106 valence electrons. The van der Waals surface area contributed by atoms with Crippen molar-refractivity contribution in [1.29, 1.82) is 0 Å². The van der Waals surface area contributed by atoms with Crippen molar-refractivity contribution in [1.82, 2.24) is 5.32 Å². The molecule has 0 radical (unpaired) electrons. The van der Waals surface area contributed by atoms with Crippen LogP contribution >= 0.6 is 0 Å². The van der Waals surface area contributed by atoms with Gasteiger partial charge in [-0.25, -0.2) is 8.42 Å². The Bertz CT molecular complexity index is 499. The number of sulfone groups is 1. The van der Waals surface area contributed by atoms with E-state index in [0.717, 1.165) is 5.56 Å². The van der Waals surface area contributed by atoms with Crippen LogP contribution in [0.1, 0.15) is 18.5 Å². The summed E-state index contributed by atoms with van der Waals surface area (Å²) in [6.45, 7) is 1.83. The van der Waals surface area contributed by atoms with E-state index in [0.29, 0.717) is 0 Å². The van der Waals surface area contributed by atoms with Crippen molar-refractivity contribution >= 4 is 15.8 Å². The third kappa shape index (κ3) is 5.40. The van der Waals surface area contributed by atoms with Crippen LogP contribution in [0.2, 0.25) is 0 Å². The molecule has 1 N–H and O–H groups in total. The highest BCUT2D eigenvalue weighted by Crippen LogP contribution is 2.14. The van der Waals surface area contributed by atoms with Gasteiger partial charge in [-0.1, -0.05) is 30.3 Å². The first kappa shape index (κ1) is 15.7. The molecule has 5 nitrogen and oxygen atoms in total. The van der Waals surface area contributed by atoms with Gasteiger partial charge in [0.15, 0.2) is 9.84 Å². The summed E-state index contributed by atoms with van der Waals surface area (Å²) in [6, 6.07) is 8.92. The molecule has 1 aromatic rings. The van der Waals surface area contributed by atoms with Gasteiger partial charge < -0.3 is 10.1 Å². The fourth-order valence-electron chi connectivity index (χ4n) is 1.73. The molecule has 0 amide bonds. The molecule has 1 aromatic carbocycles. The smallest absolute Gasteiger partial charge is 0.321 e. The Kier molecular flexibility index (Phi) is 5.98. The summed E-state index contributed by atoms with van der Waals surface area (Å²) in [5.41, 5.74) is 0.873. The minimum absolute atomic E-state index is 0.133. The van der Waals surface area contributed by atoms with Crippen molar-refractivity contribution in [3.05, 3.63) is 35.9 Å². The Balaban J connectivity index is 2.73. The Morgan fingerprint density at radius 2 is 1.95 bits per heavy atom. The lowest BCUT2D eigenvalue weighted by molar-refractivity contribution is -0.139. The van der Waals surface area contributed by atoms with Gasteiger partial charge in [-0.2, -0.15) is 0 Å². The van der Waals surface area contributed by atoms with E-state index in [2.05, 4.69) is 10.1 Å². The third-order valence-corrected chi connectivity index (χ3v) is 4.13. The molecule has 0 aliphatic rings. The van der Waals surface area contributed by atoms with Crippen LogP contribution in [-0.2, 0) is 19.4 Å². The standard InChI is InChI=1S/C13H19NO4S/c1-3-18-13(15)10-19(16,17)9-12(14-2)11-7-5-4-6-8-11/h4-8,12,14H,3,9-10H2,1-2H3. The maximum absolute atomic E-state index is 11.9. The number of carbonyl (C=O) groups excluding carboxylic acids is 1. The molecule has 1 rings (SSSR count). The molecule has 6 heteroatoms. The molecule has 0 saturated heterocycles. The van der Waals surface area contributed by atoms with Crippen LogP contribution < -0.4 is 5.32 Å². The fourth-order valence-corrected chi connectivity index (χ4v) is 3.15. The summed E-state index contributed by atoms with van der Waals surface area (Å²) >= 11 is 0. The molecule has 0 aliphatic carbocycles.